The van der Waals surface area contributed by atoms with Crippen molar-refractivity contribution in [2.75, 3.05) is 6.61 Å². The Bertz CT molecular complexity index is 2020. The molecule has 0 saturated carbocycles. The number of benzene rings is 3. The zero-order valence-corrected chi connectivity index (χ0v) is 29.6. The van der Waals surface area contributed by atoms with Gasteiger partial charge >= 0.3 is 18.3 Å². The van der Waals surface area contributed by atoms with Gasteiger partial charge in [-0.3, -0.25) is 4.79 Å². The molecular weight excluding hydrogens is 762 g/mol. The van der Waals surface area contributed by atoms with E-state index >= 15 is 4.39 Å². The molecular formula is C35H33BrF6N6O4. The summed E-state index contributed by atoms with van der Waals surface area (Å²) in [5.74, 6) is -5.82. The Balaban J connectivity index is 0.00000605. The number of ether oxygens (including phenoxy) is 2. The molecule has 10 nitrogen and oxygen atoms in total. The summed E-state index contributed by atoms with van der Waals surface area (Å²) in [6.07, 6.45) is 3.74. The van der Waals surface area contributed by atoms with E-state index < -0.39 is 42.2 Å². The number of aryl methyl sites for hydroxylation is 2. The van der Waals surface area contributed by atoms with Gasteiger partial charge in [0.1, 0.15) is 41.6 Å². The van der Waals surface area contributed by atoms with Gasteiger partial charge in [0.05, 0.1) is 13.1 Å². The molecule has 2 aromatic heterocycles. The van der Waals surface area contributed by atoms with Gasteiger partial charge in [-0.2, -0.15) is 13.9 Å². The second kappa shape index (κ2) is 16.5. The lowest BCUT2D eigenvalue weighted by atomic mass is 9.93. The Morgan fingerprint density at radius 1 is 1.00 bits per heavy atom. The van der Waals surface area contributed by atoms with Crippen molar-refractivity contribution in [1.82, 2.24) is 24.5 Å². The number of hydrogen-bond donors (Lipinski definition) is 1. The lowest BCUT2D eigenvalue weighted by Gasteiger charge is -2.26. The summed E-state index contributed by atoms with van der Waals surface area (Å²) >= 11 is 0. The Hall–Kier alpha value is -5.03. The molecule has 1 N–H and O–H groups in total. The third kappa shape index (κ3) is 10.1. The highest BCUT2D eigenvalue weighted by atomic mass is 79.9. The van der Waals surface area contributed by atoms with Gasteiger partial charge < -0.3 is 31.6 Å². The van der Waals surface area contributed by atoms with Crippen LogP contribution in [0.1, 0.15) is 40.6 Å². The van der Waals surface area contributed by atoms with Gasteiger partial charge in [-0.25, -0.2) is 31.8 Å². The first-order chi connectivity index (χ1) is 24.1. The predicted molar refractivity (Wildman–Crippen MR) is 171 cm³/mol. The number of rotatable bonds is 14. The molecule has 0 aliphatic heterocycles. The Morgan fingerprint density at radius 2 is 1.67 bits per heavy atom. The van der Waals surface area contributed by atoms with Gasteiger partial charge in [0.15, 0.2) is 12.4 Å². The standard InChI is InChI=1S/C35H33F6N6O4.BrH/c1-22-12-26(13-23(2)32(22)51-24(3)48)15-45-20-43-47(21-45)17-34(49,29-10-7-27(36)14-30(29)37)16-46-19-42-31(44-46)11-6-25-4-8-28(9-5-25)50-18-35(40,41)33(38)39;/h4-14,19-21,33,49H,15-18H2,1-3H3;1H/q+1;/p-1. The minimum Gasteiger partial charge on any atom is -1.00 e. The predicted octanol–water partition coefficient (Wildman–Crippen LogP) is 2.67. The SMILES string of the molecule is CC(=O)Oc1c(C)cc(C[n+]2cnn(CC(O)(Cn3cnc(C=Cc4ccc(OCC(F)(F)C(F)F)cc4)n3)c3ccc(F)cc3F)c2)cc1C.[Br-]. The molecule has 17 heteroatoms. The highest BCUT2D eigenvalue weighted by Gasteiger charge is 2.41. The summed E-state index contributed by atoms with van der Waals surface area (Å²) in [6, 6.07) is 12.3. The molecule has 0 fully saturated rings. The molecule has 5 rings (SSSR count). The van der Waals surface area contributed by atoms with E-state index in [0.717, 1.165) is 28.8 Å². The molecule has 2 heterocycles. The minimum absolute atomic E-state index is 0. The van der Waals surface area contributed by atoms with Crippen molar-refractivity contribution >= 4 is 18.1 Å². The number of alkyl halides is 4. The van der Waals surface area contributed by atoms with E-state index in [4.69, 9.17) is 9.47 Å². The minimum atomic E-state index is -4.28. The van der Waals surface area contributed by atoms with Gasteiger partial charge in [0.25, 0.3) is 6.33 Å². The molecule has 5 aromatic rings. The van der Waals surface area contributed by atoms with Crippen molar-refractivity contribution in [3.63, 3.8) is 0 Å². The average Bonchev–Trinajstić information content (AvgIpc) is 3.69. The van der Waals surface area contributed by atoms with Crippen molar-refractivity contribution in [3.8, 4) is 11.5 Å². The van der Waals surface area contributed by atoms with Gasteiger partial charge in [-0.05, 0) is 72.5 Å². The smallest absolute Gasteiger partial charge is 0.340 e. The molecule has 276 valence electrons. The van der Waals surface area contributed by atoms with Crippen LogP contribution in [0.4, 0.5) is 26.3 Å². The highest BCUT2D eigenvalue weighted by molar-refractivity contribution is 5.70. The fourth-order valence-electron chi connectivity index (χ4n) is 5.35. The van der Waals surface area contributed by atoms with E-state index in [2.05, 4.69) is 15.2 Å². The van der Waals surface area contributed by atoms with Crippen LogP contribution >= 0.6 is 0 Å². The summed E-state index contributed by atoms with van der Waals surface area (Å²) in [7, 11) is 0. The van der Waals surface area contributed by atoms with E-state index in [1.54, 1.807) is 17.0 Å². The van der Waals surface area contributed by atoms with Crippen LogP contribution in [0.3, 0.4) is 0 Å². The molecule has 0 spiro atoms. The molecule has 0 amide bonds. The van der Waals surface area contributed by atoms with E-state index in [1.807, 2.05) is 26.0 Å². The zero-order valence-electron chi connectivity index (χ0n) is 28.0. The fraction of sp³-hybridized carbons (Fsp3) is 0.286. The lowest BCUT2D eigenvalue weighted by Crippen LogP contribution is -3.00. The monoisotopic (exact) mass is 794 g/mol. The van der Waals surface area contributed by atoms with Crippen LogP contribution in [0.2, 0.25) is 0 Å². The van der Waals surface area contributed by atoms with Crippen LogP contribution in [0, 0.1) is 25.5 Å². The molecule has 0 bridgehead atoms. The van der Waals surface area contributed by atoms with Crippen LogP contribution in [-0.4, -0.2) is 54.6 Å². The summed E-state index contributed by atoms with van der Waals surface area (Å²) < 4.78 is 94.5. The van der Waals surface area contributed by atoms with Crippen LogP contribution in [-0.2, 0) is 30.0 Å². The van der Waals surface area contributed by atoms with Crippen LogP contribution in [0.25, 0.3) is 12.2 Å². The Morgan fingerprint density at radius 3 is 2.31 bits per heavy atom. The van der Waals surface area contributed by atoms with Crippen molar-refractivity contribution in [2.24, 2.45) is 0 Å². The maximum atomic E-state index is 15.1. The number of esters is 1. The Kier molecular flexibility index (Phi) is 12.6. The number of carbonyl (C=O) groups is 1. The van der Waals surface area contributed by atoms with Gasteiger partial charge in [0.2, 0.25) is 6.33 Å². The molecule has 1 atom stereocenters. The lowest BCUT2D eigenvalue weighted by molar-refractivity contribution is -0.689. The van der Waals surface area contributed by atoms with Crippen LogP contribution in [0.15, 0.2) is 73.6 Å². The molecule has 0 radical (unpaired) electrons. The summed E-state index contributed by atoms with van der Waals surface area (Å²) in [4.78, 5) is 15.7. The van der Waals surface area contributed by atoms with Crippen molar-refractivity contribution in [2.45, 2.75) is 58.4 Å². The van der Waals surface area contributed by atoms with Crippen LogP contribution in [0.5, 0.6) is 11.5 Å². The fourth-order valence-corrected chi connectivity index (χ4v) is 5.35. The van der Waals surface area contributed by atoms with Gasteiger partial charge in [-0.1, -0.05) is 24.3 Å². The molecule has 3 aromatic carbocycles. The molecule has 0 aliphatic carbocycles. The van der Waals surface area contributed by atoms with Crippen molar-refractivity contribution in [3.05, 3.63) is 119 Å². The summed E-state index contributed by atoms with van der Waals surface area (Å²) in [6.45, 7) is 3.35. The first kappa shape index (κ1) is 39.8. The number of hydrogen-bond acceptors (Lipinski definition) is 7. The molecule has 1 unspecified atom stereocenters. The van der Waals surface area contributed by atoms with Crippen molar-refractivity contribution < 1.29 is 67.3 Å². The zero-order chi connectivity index (χ0) is 36.9. The third-order valence-corrected chi connectivity index (χ3v) is 7.65. The highest BCUT2D eigenvalue weighted by Crippen LogP contribution is 2.29. The van der Waals surface area contributed by atoms with Crippen molar-refractivity contribution in [1.29, 1.82) is 0 Å². The molecule has 0 saturated heterocycles. The summed E-state index contributed by atoms with van der Waals surface area (Å²) in [5.41, 5.74) is 0.859. The average molecular weight is 796 g/mol. The number of aromatic nitrogens is 6. The second-order valence-corrected chi connectivity index (χ2v) is 12.0. The first-order valence-electron chi connectivity index (χ1n) is 15.4. The molecule has 52 heavy (non-hydrogen) atoms. The van der Waals surface area contributed by atoms with Crippen LogP contribution < -0.4 is 31.0 Å². The number of carbonyl (C=O) groups excluding carboxylic acids is 1. The summed E-state index contributed by atoms with van der Waals surface area (Å²) in [5, 5.41) is 20.6. The number of halogens is 7. The van der Waals surface area contributed by atoms with Gasteiger partial charge in [0, 0.05) is 23.7 Å². The number of aliphatic hydroxyl groups is 1. The maximum Gasteiger partial charge on any atom is 0.340 e. The topological polar surface area (TPSA) is 108 Å². The Labute approximate surface area is 304 Å². The number of nitrogens with zero attached hydrogens (tertiary/aromatic N) is 6. The largest absolute Gasteiger partial charge is 1.00 e. The normalized spacial score (nSPS) is 12.9. The van der Waals surface area contributed by atoms with E-state index in [9.17, 15) is 31.9 Å². The first-order valence-corrected chi connectivity index (χ1v) is 15.4. The second-order valence-electron chi connectivity index (χ2n) is 12.0. The van der Waals surface area contributed by atoms with E-state index in [-0.39, 0.29) is 47.2 Å². The quantitative estimate of drug-likeness (QED) is 0.0798. The van der Waals surface area contributed by atoms with E-state index in [1.165, 1.54) is 59.3 Å². The molecule has 0 aliphatic rings. The van der Waals surface area contributed by atoms with E-state index in [0.29, 0.717) is 23.9 Å². The third-order valence-electron chi connectivity index (χ3n) is 7.65. The maximum absolute atomic E-state index is 15.1. The van der Waals surface area contributed by atoms with Gasteiger partial charge in [-0.15, -0.1) is 4.68 Å².